The van der Waals surface area contributed by atoms with E-state index in [-0.39, 0.29) is 5.91 Å². The van der Waals surface area contributed by atoms with E-state index in [1.807, 2.05) is 30.3 Å². The summed E-state index contributed by atoms with van der Waals surface area (Å²) in [6.07, 6.45) is 2.01. The Morgan fingerprint density at radius 2 is 2.21 bits per heavy atom. The number of amides is 2. The minimum Gasteiger partial charge on any atom is -0.377 e. The highest BCUT2D eigenvalue weighted by atomic mass is 16.3. The van der Waals surface area contributed by atoms with Crippen LogP contribution in [0.1, 0.15) is 25.1 Å². The molecule has 7 nitrogen and oxygen atoms in total. The molecule has 1 aliphatic rings. The molecule has 0 saturated carbocycles. The standard InChI is InChI=1S/C17H20N4O3/c1-2-20(17(24)15(22)13-10-18-11-19-13)14-8-9-21(16(14)23)12-6-4-3-5-7-12/h3-7,10-11,14-15,22H,2,8-9H2,1H3,(H,18,19). The summed E-state index contributed by atoms with van der Waals surface area (Å²) in [6, 6.07) is 8.83. The number of aliphatic hydroxyl groups excluding tert-OH is 1. The Kier molecular flexibility index (Phi) is 4.61. The van der Waals surface area contributed by atoms with Gasteiger partial charge in [0.25, 0.3) is 5.91 Å². The van der Waals surface area contributed by atoms with Gasteiger partial charge < -0.3 is 19.9 Å². The molecule has 0 aliphatic carbocycles. The predicted octanol–water partition coefficient (Wildman–Crippen LogP) is 1.10. The Labute approximate surface area is 139 Å². The van der Waals surface area contributed by atoms with Crippen LogP contribution in [0.4, 0.5) is 5.69 Å². The first-order valence-corrected chi connectivity index (χ1v) is 7.96. The second-order valence-corrected chi connectivity index (χ2v) is 5.66. The molecule has 2 atom stereocenters. The van der Waals surface area contributed by atoms with Gasteiger partial charge in [0.05, 0.1) is 18.2 Å². The molecule has 2 heterocycles. The molecule has 1 aliphatic heterocycles. The average Bonchev–Trinajstić information content (AvgIpc) is 3.26. The molecule has 1 fully saturated rings. The number of benzene rings is 1. The minimum atomic E-state index is -1.34. The lowest BCUT2D eigenvalue weighted by molar-refractivity contribution is -0.146. The van der Waals surface area contributed by atoms with Gasteiger partial charge in [0.1, 0.15) is 6.04 Å². The summed E-state index contributed by atoms with van der Waals surface area (Å²) in [7, 11) is 0. The van der Waals surface area contributed by atoms with Crippen molar-refractivity contribution in [1.82, 2.24) is 14.9 Å². The number of aliphatic hydroxyl groups is 1. The number of nitrogens with zero attached hydrogens (tertiary/aromatic N) is 3. The maximum atomic E-state index is 12.8. The monoisotopic (exact) mass is 328 g/mol. The molecule has 0 bridgehead atoms. The number of aromatic amines is 1. The number of anilines is 1. The third-order valence-corrected chi connectivity index (χ3v) is 4.29. The normalized spacial score (nSPS) is 18.7. The summed E-state index contributed by atoms with van der Waals surface area (Å²) in [6.45, 7) is 2.70. The average molecular weight is 328 g/mol. The molecule has 1 aromatic carbocycles. The molecule has 7 heteroatoms. The Morgan fingerprint density at radius 3 is 2.83 bits per heavy atom. The summed E-state index contributed by atoms with van der Waals surface area (Å²) >= 11 is 0. The number of hydrogen-bond donors (Lipinski definition) is 2. The third kappa shape index (κ3) is 2.90. The van der Waals surface area contributed by atoms with Gasteiger partial charge in [0.15, 0.2) is 6.10 Å². The van der Waals surface area contributed by atoms with Crippen LogP contribution in [-0.4, -0.2) is 50.9 Å². The van der Waals surface area contributed by atoms with E-state index in [1.54, 1.807) is 11.8 Å². The smallest absolute Gasteiger partial charge is 0.258 e. The molecule has 0 radical (unpaired) electrons. The fraction of sp³-hybridized carbons (Fsp3) is 0.353. The van der Waals surface area contributed by atoms with Crippen LogP contribution in [0.2, 0.25) is 0 Å². The van der Waals surface area contributed by atoms with E-state index < -0.39 is 18.1 Å². The SMILES string of the molecule is CCN(C(=O)C(O)c1cnc[nH]1)C1CCN(c2ccccc2)C1=O. The summed E-state index contributed by atoms with van der Waals surface area (Å²) < 4.78 is 0. The van der Waals surface area contributed by atoms with Crippen molar-refractivity contribution in [3.8, 4) is 0 Å². The number of imidazole rings is 1. The second kappa shape index (κ2) is 6.84. The van der Waals surface area contributed by atoms with E-state index in [9.17, 15) is 14.7 Å². The van der Waals surface area contributed by atoms with E-state index in [0.717, 1.165) is 5.69 Å². The molecule has 126 valence electrons. The van der Waals surface area contributed by atoms with Crippen LogP contribution in [0.3, 0.4) is 0 Å². The molecule has 1 saturated heterocycles. The first kappa shape index (κ1) is 16.2. The number of nitrogens with one attached hydrogen (secondary N) is 1. The van der Waals surface area contributed by atoms with Crippen molar-refractivity contribution in [3.63, 3.8) is 0 Å². The Balaban J connectivity index is 1.77. The van der Waals surface area contributed by atoms with Gasteiger partial charge in [-0.05, 0) is 25.5 Å². The van der Waals surface area contributed by atoms with E-state index in [4.69, 9.17) is 0 Å². The predicted molar refractivity (Wildman–Crippen MR) is 88.1 cm³/mol. The zero-order valence-corrected chi connectivity index (χ0v) is 13.4. The molecule has 24 heavy (non-hydrogen) atoms. The first-order valence-electron chi connectivity index (χ1n) is 7.96. The summed E-state index contributed by atoms with van der Waals surface area (Å²) in [5.41, 5.74) is 1.14. The Bertz CT molecular complexity index is 702. The van der Waals surface area contributed by atoms with Gasteiger partial charge in [-0.15, -0.1) is 0 Å². The number of H-pyrrole nitrogens is 1. The number of carbonyl (C=O) groups excluding carboxylic acids is 2. The van der Waals surface area contributed by atoms with Gasteiger partial charge in [-0.25, -0.2) is 4.98 Å². The van der Waals surface area contributed by atoms with E-state index >= 15 is 0 Å². The molecule has 2 aromatic rings. The van der Waals surface area contributed by atoms with Crippen LogP contribution in [0.5, 0.6) is 0 Å². The van der Waals surface area contributed by atoms with E-state index in [1.165, 1.54) is 17.4 Å². The van der Waals surface area contributed by atoms with Crippen LogP contribution < -0.4 is 4.90 Å². The van der Waals surface area contributed by atoms with E-state index in [2.05, 4.69) is 9.97 Å². The molecule has 2 amide bonds. The third-order valence-electron chi connectivity index (χ3n) is 4.29. The molecular weight excluding hydrogens is 308 g/mol. The highest BCUT2D eigenvalue weighted by molar-refractivity contribution is 6.01. The molecule has 1 aromatic heterocycles. The van der Waals surface area contributed by atoms with Crippen LogP contribution in [0.15, 0.2) is 42.9 Å². The first-order chi connectivity index (χ1) is 11.6. The van der Waals surface area contributed by atoms with Crippen molar-refractivity contribution in [2.75, 3.05) is 18.0 Å². The van der Waals surface area contributed by atoms with Gasteiger partial charge >= 0.3 is 0 Å². The summed E-state index contributed by atoms with van der Waals surface area (Å²) in [4.78, 5) is 35.0. The number of hydrogen-bond acceptors (Lipinski definition) is 4. The quantitative estimate of drug-likeness (QED) is 0.860. The Morgan fingerprint density at radius 1 is 1.46 bits per heavy atom. The molecule has 2 unspecified atom stereocenters. The number of para-hydroxylation sites is 1. The Hall–Kier alpha value is -2.67. The number of carbonyl (C=O) groups is 2. The summed E-state index contributed by atoms with van der Waals surface area (Å²) in [5, 5.41) is 10.2. The van der Waals surface area contributed by atoms with Gasteiger partial charge in [0, 0.05) is 18.8 Å². The minimum absolute atomic E-state index is 0.117. The zero-order valence-electron chi connectivity index (χ0n) is 13.4. The van der Waals surface area contributed by atoms with Crippen molar-refractivity contribution in [3.05, 3.63) is 48.5 Å². The number of likely N-dealkylation sites (N-methyl/N-ethyl adjacent to an activating group) is 1. The van der Waals surface area contributed by atoms with Crippen molar-refractivity contribution >= 4 is 17.5 Å². The lowest BCUT2D eigenvalue weighted by atomic mass is 10.1. The van der Waals surface area contributed by atoms with Crippen LogP contribution in [-0.2, 0) is 9.59 Å². The number of rotatable bonds is 5. The molecule has 2 N–H and O–H groups in total. The second-order valence-electron chi connectivity index (χ2n) is 5.66. The van der Waals surface area contributed by atoms with Crippen LogP contribution >= 0.6 is 0 Å². The molecule has 0 spiro atoms. The topological polar surface area (TPSA) is 89.5 Å². The fourth-order valence-corrected chi connectivity index (χ4v) is 3.05. The molecular formula is C17H20N4O3. The van der Waals surface area contributed by atoms with Gasteiger partial charge in [-0.2, -0.15) is 0 Å². The van der Waals surface area contributed by atoms with Crippen molar-refractivity contribution < 1.29 is 14.7 Å². The van der Waals surface area contributed by atoms with Crippen molar-refractivity contribution in [2.24, 2.45) is 0 Å². The van der Waals surface area contributed by atoms with Gasteiger partial charge in [-0.3, -0.25) is 9.59 Å². The summed E-state index contributed by atoms with van der Waals surface area (Å²) in [5.74, 6) is -0.608. The van der Waals surface area contributed by atoms with Crippen LogP contribution in [0, 0.1) is 0 Å². The number of aromatic nitrogens is 2. The van der Waals surface area contributed by atoms with Crippen molar-refractivity contribution in [2.45, 2.75) is 25.5 Å². The van der Waals surface area contributed by atoms with Gasteiger partial charge in [-0.1, -0.05) is 18.2 Å². The van der Waals surface area contributed by atoms with Crippen molar-refractivity contribution in [1.29, 1.82) is 0 Å². The van der Waals surface area contributed by atoms with E-state index in [0.29, 0.717) is 25.2 Å². The lowest BCUT2D eigenvalue weighted by Gasteiger charge is -2.28. The largest absolute Gasteiger partial charge is 0.377 e. The van der Waals surface area contributed by atoms with Gasteiger partial charge in [0.2, 0.25) is 5.91 Å². The fourth-order valence-electron chi connectivity index (χ4n) is 3.05. The zero-order chi connectivity index (χ0) is 17.1. The highest BCUT2D eigenvalue weighted by Gasteiger charge is 2.40. The molecule has 3 rings (SSSR count). The maximum absolute atomic E-state index is 12.8. The lowest BCUT2D eigenvalue weighted by Crippen LogP contribution is -2.47. The maximum Gasteiger partial charge on any atom is 0.258 e. The van der Waals surface area contributed by atoms with Crippen LogP contribution in [0.25, 0.3) is 0 Å². The highest BCUT2D eigenvalue weighted by Crippen LogP contribution is 2.26.